The topological polar surface area (TPSA) is 71.5 Å². The van der Waals surface area contributed by atoms with Gasteiger partial charge in [0.15, 0.2) is 5.75 Å². The van der Waals surface area contributed by atoms with Crippen LogP contribution in [0.2, 0.25) is 0 Å². The molecule has 1 aromatic heterocycles. The highest BCUT2D eigenvalue weighted by atomic mass is 79.9. The summed E-state index contributed by atoms with van der Waals surface area (Å²) in [6.45, 7) is 8.94. The van der Waals surface area contributed by atoms with Crippen LogP contribution in [0.25, 0.3) is 20.5 Å². The van der Waals surface area contributed by atoms with Crippen LogP contribution >= 0.6 is 27.3 Å². The number of hydrogen-bond acceptors (Lipinski definition) is 7. The Morgan fingerprint density at radius 2 is 1.62 bits per heavy atom. The van der Waals surface area contributed by atoms with Crippen LogP contribution in [-0.2, 0) is 4.74 Å². The van der Waals surface area contributed by atoms with Crippen LogP contribution in [0, 0.1) is 0 Å². The molecule has 0 bridgehead atoms. The molecule has 220 valence electrons. The van der Waals surface area contributed by atoms with Gasteiger partial charge in [-0.25, -0.2) is 4.79 Å². The minimum Gasteiger partial charge on any atom is -0.508 e. The lowest BCUT2D eigenvalue weighted by atomic mass is 9.98. The Kier molecular flexibility index (Phi) is 8.09. The van der Waals surface area contributed by atoms with Gasteiger partial charge in [-0.1, -0.05) is 28.1 Å². The predicted molar refractivity (Wildman–Crippen MR) is 170 cm³/mol. The fourth-order valence-corrected chi connectivity index (χ4v) is 6.87. The van der Waals surface area contributed by atoms with Crippen molar-refractivity contribution >= 4 is 43.4 Å². The Bertz CT molecular complexity index is 1550. The number of carbonyl (C=O) groups excluding carboxylic acids is 1. The van der Waals surface area contributed by atoms with Gasteiger partial charge in [-0.05, 0) is 93.8 Å². The fraction of sp³-hybridized carbons (Fsp3) is 0.364. The summed E-state index contributed by atoms with van der Waals surface area (Å²) in [7, 11) is 0. The Morgan fingerprint density at radius 1 is 0.952 bits per heavy atom. The number of halogens is 1. The molecule has 3 aromatic carbocycles. The summed E-state index contributed by atoms with van der Waals surface area (Å²) in [6, 6.07) is 21.8. The molecule has 0 radical (unpaired) electrons. The molecule has 1 amide bonds. The molecule has 9 heteroatoms. The Morgan fingerprint density at radius 3 is 2.29 bits per heavy atom. The average molecular weight is 652 g/mol. The smallest absolute Gasteiger partial charge is 0.410 e. The second-order valence-electron chi connectivity index (χ2n) is 11.9. The molecule has 0 spiro atoms. The van der Waals surface area contributed by atoms with Crippen molar-refractivity contribution in [1.29, 1.82) is 0 Å². The maximum absolute atomic E-state index is 12.4. The first-order chi connectivity index (χ1) is 20.1. The molecule has 4 aromatic rings. The number of fused-ring (bicyclic) bond motifs is 1. The zero-order valence-electron chi connectivity index (χ0n) is 24.0. The minimum absolute atomic E-state index is 0.151. The van der Waals surface area contributed by atoms with E-state index >= 15 is 0 Å². The van der Waals surface area contributed by atoms with Crippen molar-refractivity contribution in [2.24, 2.45) is 0 Å². The average Bonchev–Trinajstić information content (AvgIpc) is 3.28. The van der Waals surface area contributed by atoms with E-state index in [0.29, 0.717) is 6.04 Å². The highest BCUT2D eigenvalue weighted by molar-refractivity contribution is 9.10. The molecule has 0 unspecified atom stereocenters. The maximum Gasteiger partial charge on any atom is 0.410 e. The summed E-state index contributed by atoms with van der Waals surface area (Å²) in [4.78, 5) is 17.6. The number of hydrogen-bond donors (Lipinski definition) is 1. The van der Waals surface area contributed by atoms with E-state index in [2.05, 4.69) is 33.0 Å². The van der Waals surface area contributed by atoms with Gasteiger partial charge in [0.2, 0.25) is 0 Å². The number of phenols is 1. The van der Waals surface area contributed by atoms with Crippen LogP contribution < -0.4 is 9.47 Å². The SMILES string of the molecule is CC(C)(C)OC(=O)N1CCC(N2CC(Oc3ccc(Oc4c(-c5ccc(Br)cc5)sc5cc(O)ccc45)cc3)C2)CC1. The van der Waals surface area contributed by atoms with Gasteiger partial charge < -0.3 is 24.2 Å². The van der Waals surface area contributed by atoms with E-state index in [1.807, 2.05) is 68.1 Å². The van der Waals surface area contributed by atoms with E-state index < -0.39 is 5.60 Å². The van der Waals surface area contributed by atoms with Crippen LogP contribution in [0.15, 0.2) is 71.2 Å². The number of carbonyl (C=O) groups is 1. The van der Waals surface area contributed by atoms with Crippen molar-refractivity contribution in [3.8, 4) is 33.4 Å². The molecule has 1 N–H and O–H groups in total. The van der Waals surface area contributed by atoms with E-state index in [0.717, 1.165) is 81.3 Å². The van der Waals surface area contributed by atoms with E-state index in [4.69, 9.17) is 14.2 Å². The summed E-state index contributed by atoms with van der Waals surface area (Å²) in [5.74, 6) is 2.55. The minimum atomic E-state index is -0.466. The summed E-state index contributed by atoms with van der Waals surface area (Å²) in [5.41, 5.74) is 0.589. The third-order valence-electron chi connectivity index (χ3n) is 7.59. The van der Waals surface area contributed by atoms with Crippen molar-refractivity contribution < 1.29 is 24.1 Å². The van der Waals surface area contributed by atoms with Gasteiger partial charge in [0.05, 0.1) is 4.88 Å². The molecule has 0 atom stereocenters. The van der Waals surface area contributed by atoms with E-state index in [9.17, 15) is 9.90 Å². The van der Waals surface area contributed by atoms with Crippen molar-refractivity contribution in [1.82, 2.24) is 9.80 Å². The van der Waals surface area contributed by atoms with Gasteiger partial charge in [-0.2, -0.15) is 0 Å². The lowest BCUT2D eigenvalue weighted by Crippen LogP contribution is -2.60. The first-order valence-corrected chi connectivity index (χ1v) is 15.9. The van der Waals surface area contributed by atoms with Crippen molar-refractivity contribution in [3.63, 3.8) is 0 Å². The van der Waals surface area contributed by atoms with Gasteiger partial charge in [-0.15, -0.1) is 11.3 Å². The van der Waals surface area contributed by atoms with Crippen LogP contribution in [0.1, 0.15) is 33.6 Å². The molecule has 0 aliphatic carbocycles. The molecule has 42 heavy (non-hydrogen) atoms. The zero-order valence-corrected chi connectivity index (χ0v) is 26.4. The predicted octanol–water partition coefficient (Wildman–Crippen LogP) is 8.29. The highest BCUT2D eigenvalue weighted by Crippen LogP contribution is 2.47. The molecule has 2 aliphatic heterocycles. The number of aromatic hydroxyl groups is 1. The Labute approximate surface area is 258 Å². The molecule has 3 heterocycles. The van der Waals surface area contributed by atoms with E-state index in [1.165, 1.54) is 0 Å². The number of piperidine rings is 1. The lowest BCUT2D eigenvalue weighted by Gasteiger charge is -2.46. The normalized spacial score (nSPS) is 16.8. The van der Waals surface area contributed by atoms with Gasteiger partial charge in [0.25, 0.3) is 0 Å². The first kappa shape index (κ1) is 28.8. The number of amides is 1. The number of thiophene rings is 1. The molecule has 2 saturated heterocycles. The third-order valence-corrected chi connectivity index (χ3v) is 9.30. The molecule has 0 saturated carbocycles. The first-order valence-electron chi connectivity index (χ1n) is 14.3. The Hall–Kier alpha value is -3.27. The second kappa shape index (κ2) is 11.8. The molecular formula is C33H35BrN2O5S. The molecule has 7 nitrogen and oxygen atoms in total. The van der Waals surface area contributed by atoms with Gasteiger partial charge >= 0.3 is 6.09 Å². The Balaban J connectivity index is 1.05. The standard InChI is InChI=1S/C33H35BrN2O5S/c1-33(2,3)41-32(38)35-16-14-23(15-17-35)36-19-27(20-36)39-25-9-11-26(12-10-25)40-30-28-13-8-24(37)18-29(28)42-31(30)21-4-6-22(34)7-5-21/h4-13,18,23,27,37H,14-17,19-20H2,1-3H3. The molecular weight excluding hydrogens is 616 g/mol. The van der Waals surface area contributed by atoms with Crippen molar-refractivity contribution in [3.05, 3.63) is 71.2 Å². The van der Waals surface area contributed by atoms with Crippen LogP contribution in [0.4, 0.5) is 4.79 Å². The van der Waals surface area contributed by atoms with Crippen LogP contribution in [-0.4, -0.2) is 64.9 Å². The fourth-order valence-electron chi connectivity index (χ4n) is 5.43. The summed E-state index contributed by atoms with van der Waals surface area (Å²) < 4.78 is 20.2. The summed E-state index contributed by atoms with van der Waals surface area (Å²) in [5, 5.41) is 11.0. The monoisotopic (exact) mass is 650 g/mol. The number of ether oxygens (including phenoxy) is 3. The van der Waals surface area contributed by atoms with E-state index in [-0.39, 0.29) is 17.9 Å². The largest absolute Gasteiger partial charge is 0.508 e. The van der Waals surface area contributed by atoms with Gasteiger partial charge in [-0.3, -0.25) is 4.90 Å². The quantitative estimate of drug-likeness (QED) is 0.226. The van der Waals surface area contributed by atoms with Crippen LogP contribution in [0.3, 0.4) is 0 Å². The highest BCUT2D eigenvalue weighted by Gasteiger charge is 2.36. The third kappa shape index (κ3) is 6.53. The zero-order chi connectivity index (χ0) is 29.4. The lowest BCUT2D eigenvalue weighted by molar-refractivity contribution is -0.0311. The van der Waals surface area contributed by atoms with Gasteiger partial charge in [0, 0.05) is 46.8 Å². The molecule has 2 aliphatic rings. The van der Waals surface area contributed by atoms with Crippen molar-refractivity contribution in [2.75, 3.05) is 26.2 Å². The maximum atomic E-state index is 12.4. The summed E-state index contributed by atoms with van der Waals surface area (Å²) in [6.07, 6.45) is 1.85. The number of phenolic OH excluding ortho intramolecular Hbond substituents is 1. The number of benzene rings is 3. The summed E-state index contributed by atoms with van der Waals surface area (Å²) >= 11 is 5.11. The number of likely N-dealkylation sites (tertiary alicyclic amines) is 2. The molecule has 6 rings (SSSR count). The van der Waals surface area contributed by atoms with Crippen molar-refractivity contribution in [2.45, 2.75) is 51.4 Å². The second-order valence-corrected chi connectivity index (χ2v) is 13.9. The van der Waals surface area contributed by atoms with Gasteiger partial charge in [0.1, 0.15) is 29.0 Å². The number of nitrogens with zero attached hydrogens (tertiary/aromatic N) is 2. The van der Waals surface area contributed by atoms with Crippen LogP contribution in [0.5, 0.6) is 23.0 Å². The molecule has 2 fully saturated rings. The number of rotatable bonds is 6. The van der Waals surface area contributed by atoms with E-state index in [1.54, 1.807) is 23.5 Å².